The van der Waals surface area contributed by atoms with E-state index in [4.69, 9.17) is 4.99 Å². The van der Waals surface area contributed by atoms with E-state index >= 15 is 0 Å². The average molecular weight is 573 g/mol. The lowest BCUT2D eigenvalue weighted by molar-refractivity contribution is -0.108. The summed E-state index contributed by atoms with van der Waals surface area (Å²) in [5, 5.41) is 7.89. The van der Waals surface area contributed by atoms with Gasteiger partial charge in [0.25, 0.3) is 5.56 Å². The molecule has 7 rings (SSSR count). The summed E-state index contributed by atoms with van der Waals surface area (Å²) in [6.45, 7) is 15.5. The SMILES string of the molecule is C[C@@H]1CN(C(=NC2C[C@@H]3C[C@H]([C@@H]2C)C3(C)C)Nc2ccc3c(=O)n([C@H](C)Cc4ccc(F)cc4)cnc3c2)C[C@H](C)N1. The fourth-order valence-electron chi connectivity index (χ4n) is 7.86. The first-order chi connectivity index (χ1) is 20.0. The number of benzene rings is 2. The molecule has 4 aliphatic rings. The molecule has 224 valence electrons. The van der Waals surface area contributed by atoms with Gasteiger partial charge in [-0.05, 0) is 99.1 Å². The highest BCUT2D eigenvalue weighted by Gasteiger charge is 2.56. The molecule has 3 aromatic rings. The van der Waals surface area contributed by atoms with Gasteiger partial charge in [0.05, 0.1) is 23.3 Å². The summed E-state index contributed by atoms with van der Waals surface area (Å²) >= 11 is 0. The molecule has 2 aromatic carbocycles. The Morgan fingerprint density at radius 3 is 2.50 bits per heavy atom. The third kappa shape index (κ3) is 5.46. The van der Waals surface area contributed by atoms with E-state index in [1.807, 2.05) is 25.1 Å². The van der Waals surface area contributed by atoms with Crippen LogP contribution in [0.15, 0.2) is 58.6 Å². The number of aliphatic imine (C=N–C) groups is 1. The molecule has 1 aromatic heterocycles. The lowest BCUT2D eigenvalue weighted by Gasteiger charge is -2.61. The molecule has 2 heterocycles. The maximum Gasteiger partial charge on any atom is 0.261 e. The first kappa shape index (κ1) is 28.8. The van der Waals surface area contributed by atoms with E-state index < -0.39 is 0 Å². The minimum absolute atomic E-state index is 0.0716. The zero-order valence-corrected chi connectivity index (χ0v) is 25.8. The van der Waals surface area contributed by atoms with Crippen molar-refractivity contribution in [3.8, 4) is 0 Å². The summed E-state index contributed by atoms with van der Waals surface area (Å²) in [6.07, 6.45) is 4.73. The van der Waals surface area contributed by atoms with Crippen LogP contribution in [0.1, 0.15) is 66.0 Å². The number of rotatable bonds is 5. The van der Waals surface area contributed by atoms with Crippen LogP contribution in [0.4, 0.5) is 10.1 Å². The van der Waals surface area contributed by atoms with Crippen molar-refractivity contribution in [3.63, 3.8) is 0 Å². The van der Waals surface area contributed by atoms with Gasteiger partial charge in [0.15, 0.2) is 5.96 Å². The van der Waals surface area contributed by atoms with Crippen molar-refractivity contribution in [2.45, 2.75) is 85.0 Å². The van der Waals surface area contributed by atoms with Crippen molar-refractivity contribution in [2.24, 2.45) is 28.2 Å². The highest BCUT2D eigenvalue weighted by atomic mass is 19.1. The molecule has 1 saturated heterocycles. The predicted molar refractivity (Wildman–Crippen MR) is 168 cm³/mol. The van der Waals surface area contributed by atoms with E-state index in [-0.39, 0.29) is 17.4 Å². The number of anilines is 1. The van der Waals surface area contributed by atoms with Crippen molar-refractivity contribution < 1.29 is 4.39 Å². The molecule has 0 spiro atoms. The van der Waals surface area contributed by atoms with Gasteiger partial charge in [-0.3, -0.25) is 9.36 Å². The normalized spacial score (nSPS) is 29.7. The molecule has 7 nitrogen and oxygen atoms in total. The van der Waals surface area contributed by atoms with Crippen LogP contribution in [0.2, 0.25) is 0 Å². The van der Waals surface area contributed by atoms with E-state index in [9.17, 15) is 9.18 Å². The van der Waals surface area contributed by atoms with Crippen LogP contribution >= 0.6 is 0 Å². The summed E-state index contributed by atoms with van der Waals surface area (Å²) in [5.41, 5.74) is 2.87. The molecule has 8 heteroatoms. The fourth-order valence-corrected chi connectivity index (χ4v) is 7.86. The van der Waals surface area contributed by atoms with Gasteiger partial charge in [-0.2, -0.15) is 0 Å². The van der Waals surface area contributed by atoms with Crippen LogP contribution in [-0.2, 0) is 6.42 Å². The Bertz CT molecular complexity index is 1520. The molecule has 42 heavy (non-hydrogen) atoms. The number of fused-ring (bicyclic) bond motifs is 3. The Kier molecular flexibility index (Phi) is 7.62. The van der Waals surface area contributed by atoms with Crippen LogP contribution in [-0.4, -0.2) is 51.6 Å². The summed E-state index contributed by atoms with van der Waals surface area (Å²) in [5.74, 6) is 2.68. The second-order valence-corrected chi connectivity index (χ2v) is 13.8. The second kappa shape index (κ2) is 11.1. The van der Waals surface area contributed by atoms with Crippen LogP contribution in [0, 0.1) is 29.0 Å². The molecular weight excluding hydrogens is 527 g/mol. The Labute approximate surface area is 248 Å². The van der Waals surface area contributed by atoms with Gasteiger partial charge < -0.3 is 15.5 Å². The molecule has 1 unspecified atom stereocenters. The number of aromatic nitrogens is 2. The van der Waals surface area contributed by atoms with Gasteiger partial charge in [-0.15, -0.1) is 0 Å². The van der Waals surface area contributed by atoms with Crippen molar-refractivity contribution >= 4 is 22.5 Å². The monoisotopic (exact) mass is 572 g/mol. The van der Waals surface area contributed by atoms with E-state index in [1.165, 1.54) is 18.6 Å². The predicted octanol–water partition coefficient (Wildman–Crippen LogP) is 5.86. The van der Waals surface area contributed by atoms with Gasteiger partial charge in [0.1, 0.15) is 5.82 Å². The largest absolute Gasteiger partial charge is 0.340 e. The summed E-state index contributed by atoms with van der Waals surface area (Å²) in [4.78, 5) is 25.9. The average Bonchev–Trinajstić information content (AvgIpc) is 2.94. The third-order valence-corrected chi connectivity index (χ3v) is 10.4. The van der Waals surface area contributed by atoms with E-state index in [2.05, 4.69) is 55.1 Å². The topological polar surface area (TPSA) is 74.5 Å². The number of hydrogen-bond donors (Lipinski definition) is 2. The zero-order valence-electron chi connectivity index (χ0n) is 25.8. The van der Waals surface area contributed by atoms with E-state index in [0.717, 1.165) is 48.6 Å². The van der Waals surface area contributed by atoms with Gasteiger partial charge in [-0.25, -0.2) is 14.4 Å². The maximum absolute atomic E-state index is 13.5. The molecule has 3 aliphatic carbocycles. The van der Waals surface area contributed by atoms with Gasteiger partial charge in [0, 0.05) is 36.9 Å². The van der Waals surface area contributed by atoms with Gasteiger partial charge in [-0.1, -0.05) is 32.9 Å². The number of nitrogens with zero attached hydrogens (tertiary/aromatic N) is 4. The first-order valence-electron chi connectivity index (χ1n) is 15.6. The van der Waals surface area contributed by atoms with Gasteiger partial charge >= 0.3 is 0 Å². The van der Waals surface area contributed by atoms with Crippen molar-refractivity contribution in [1.29, 1.82) is 0 Å². The smallest absolute Gasteiger partial charge is 0.261 e. The van der Waals surface area contributed by atoms with Crippen LogP contribution in [0.5, 0.6) is 0 Å². The standard InChI is InChI=1S/C34H45FN6O/c1-20-17-40(18-21(2)37-20)33(39-30-15-25-14-29(23(30)4)34(25,5)6)38-27-11-12-28-31(16-27)36-19-41(32(28)42)22(3)13-24-7-9-26(35)10-8-24/h7-12,16,19-23,25,29-30,37H,13-15,17-18H2,1-6H3,(H,38,39)/t20-,21+,22-,23+,25+,29-,30?/m1/s1. The molecular formula is C34H45FN6O. The molecule has 1 aliphatic heterocycles. The maximum atomic E-state index is 13.5. The fraction of sp³-hybridized carbons (Fsp3) is 0.559. The Morgan fingerprint density at radius 2 is 1.83 bits per heavy atom. The molecule has 2 bridgehead atoms. The van der Waals surface area contributed by atoms with E-state index in [1.54, 1.807) is 23.0 Å². The van der Waals surface area contributed by atoms with Crippen LogP contribution in [0.3, 0.4) is 0 Å². The molecule has 7 atom stereocenters. The number of hydrogen-bond acceptors (Lipinski definition) is 4. The second-order valence-electron chi connectivity index (χ2n) is 13.8. The highest BCUT2D eigenvalue weighted by molar-refractivity contribution is 5.96. The van der Waals surface area contributed by atoms with Crippen molar-refractivity contribution in [3.05, 3.63) is 70.5 Å². The molecule has 3 saturated carbocycles. The first-order valence-corrected chi connectivity index (χ1v) is 15.6. The number of halogens is 1. The third-order valence-electron chi connectivity index (χ3n) is 10.4. The van der Waals surface area contributed by atoms with Crippen molar-refractivity contribution in [1.82, 2.24) is 19.8 Å². The molecule has 2 N–H and O–H groups in total. The summed E-state index contributed by atoms with van der Waals surface area (Å²) in [6, 6.07) is 13.2. The Balaban J connectivity index is 1.26. The summed E-state index contributed by atoms with van der Waals surface area (Å²) < 4.78 is 15.0. The zero-order chi connectivity index (χ0) is 29.8. The van der Waals surface area contributed by atoms with Gasteiger partial charge in [0.2, 0.25) is 0 Å². The molecule has 0 radical (unpaired) electrons. The number of nitrogens with one attached hydrogen (secondary N) is 2. The minimum Gasteiger partial charge on any atom is -0.340 e. The Hall–Kier alpha value is -3.26. The number of piperazine rings is 1. The molecule has 4 fully saturated rings. The quantitative estimate of drug-likeness (QED) is 0.296. The van der Waals surface area contributed by atoms with E-state index in [0.29, 0.717) is 46.8 Å². The van der Waals surface area contributed by atoms with Crippen LogP contribution in [0.25, 0.3) is 10.9 Å². The number of guanidine groups is 1. The molecule has 0 amide bonds. The highest BCUT2D eigenvalue weighted by Crippen LogP contribution is 2.61. The lowest BCUT2D eigenvalue weighted by atomic mass is 9.45. The van der Waals surface area contributed by atoms with Crippen LogP contribution < -0.4 is 16.2 Å². The summed E-state index contributed by atoms with van der Waals surface area (Å²) in [7, 11) is 0. The van der Waals surface area contributed by atoms with Crippen molar-refractivity contribution in [2.75, 3.05) is 18.4 Å². The Morgan fingerprint density at radius 1 is 1.12 bits per heavy atom. The lowest BCUT2D eigenvalue weighted by Crippen LogP contribution is -2.59. The minimum atomic E-state index is -0.261.